The van der Waals surface area contributed by atoms with E-state index in [9.17, 15) is 23.9 Å². The molecule has 2 amide bonds. The molecule has 3 rings (SSSR count). The lowest BCUT2D eigenvalue weighted by molar-refractivity contribution is -0.149. The van der Waals surface area contributed by atoms with Crippen molar-refractivity contribution in [1.29, 1.82) is 0 Å². The molecule has 0 unspecified atom stereocenters. The Kier molecular flexibility index (Phi) is 4.36. The number of likely N-dealkylation sites (tertiary alicyclic amines) is 1. The summed E-state index contributed by atoms with van der Waals surface area (Å²) in [5.74, 6) is -2.38. The van der Waals surface area contributed by atoms with Crippen LogP contribution >= 0.6 is 0 Å². The number of hydrogen-bond acceptors (Lipinski definition) is 4. The first-order valence-electron chi connectivity index (χ1n) is 8.04. The Morgan fingerprint density at radius 1 is 1.40 bits per heavy atom. The highest BCUT2D eigenvalue weighted by Gasteiger charge is 2.55. The zero-order valence-corrected chi connectivity index (χ0v) is 13.8. The Morgan fingerprint density at radius 2 is 2.16 bits per heavy atom. The van der Waals surface area contributed by atoms with Crippen molar-refractivity contribution in [1.82, 2.24) is 4.90 Å². The summed E-state index contributed by atoms with van der Waals surface area (Å²) in [5.41, 5.74) is -0.914. The quantitative estimate of drug-likeness (QED) is 0.816. The normalized spacial score (nSPS) is 24.7. The van der Waals surface area contributed by atoms with Crippen LogP contribution in [0.5, 0.6) is 0 Å². The third-order valence-corrected chi connectivity index (χ3v) is 5.22. The summed E-state index contributed by atoms with van der Waals surface area (Å²) in [7, 11) is 1.19. The summed E-state index contributed by atoms with van der Waals surface area (Å²) in [5, 5.41) is 12.0. The van der Waals surface area contributed by atoms with Crippen molar-refractivity contribution >= 4 is 23.7 Å². The number of rotatable bonds is 3. The van der Waals surface area contributed by atoms with Crippen LogP contribution in [0, 0.1) is 17.2 Å². The molecular weight excluding hydrogens is 331 g/mol. The monoisotopic (exact) mass is 350 g/mol. The standard InChI is InChI=1S/C17H19FN2O5/c1-25-14(21)10-4-5-13(12(18)7-10)19-16(24)20-8-11-3-2-6-17(11,9-20)15(22)23/h4-5,7,11H,2-3,6,8-9H2,1H3,(H,19,24)(H,22,23)/t11-,17+/m0/s1. The number of nitrogens with zero attached hydrogens (tertiary/aromatic N) is 1. The van der Waals surface area contributed by atoms with Gasteiger partial charge in [0.2, 0.25) is 0 Å². The molecule has 0 aromatic heterocycles. The Labute approximate surface area is 143 Å². The third-order valence-electron chi connectivity index (χ3n) is 5.22. The van der Waals surface area contributed by atoms with Crippen LogP contribution in [-0.2, 0) is 9.53 Å². The van der Waals surface area contributed by atoms with E-state index in [1.807, 2.05) is 0 Å². The van der Waals surface area contributed by atoms with Gasteiger partial charge in [0.1, 0.15) is 5.82 Å². The molecular formula is C17H19FN2O5. The number of halogens is 1. The number of fused-ring (bicyclic) bond motifs is 1. The average molecular weight is 350 g/mol. The molecule has 0 spiro atoms. The number of urea groups is 1. The van der Waals surface area contributed by atoms with Crippen molar-refractivity contribution in [3.63, 3.8) is 0 Å². The van der Waals surface area contributed by atoms with Crippen LogP contribution in [0.1, 0.15) is 29.6 Å². The van der Waals surface area contributed by atoms with Crippen molar-refractivity contribution < 1.29 is 28.6 Å². The van der Waals surface area contributed by atoms with Crippen molar-refractivity contribution in [2.45, 2.75) is 19.3 Å². The van der Waals surface area contributed by atoms with E-state index < -0.39 is 29.2 Å². The number of carbonyl (C=O) groups excluding carboxylic acids is 2. The first kappa shape index (κ1) is 17.2. The minimum absolute atomic E-state index is 0.0403. The number of ether oxygens (including phenoxy) is 1. The summed E-state index contributed by atoms with van der Waals surface area (Å²) >= 11 is 0. The second-order valence-electron chi connectivity index (χ2n) is 6.55. The zero-order chi connectivity index (χ0) is 18.2. The van der Waals surface area contributed by atoms with Gasteiger partial charge in [-0.2, -0.15) is 0 Å². The van der Waals surface area contributed by atoms with Crippen molar-refractivity contribution in [3.8, 4) is 0 Å². The number of carbonyl (C=O) groups is 3. The van der Waals surface area contributed by atoms with E-state index in [2.05, 4.69) is 10.1 Å². The fourth-order valence-corrected chi connectivity index (χ4v) is 3.85. The van der Waals surface area contributed by atoms with Crippen LogP contribution in [0.15, 0.2) is 18.2 Å². The van der Waals surface area contributed by atoms with E-state index >= 15 is 0 Å². The van der Waals surface area contributed by atoms with Gasteiger partial charge < -0.3 is 20.1 Å². The Hall–Kier alpha value is -2.64. The first-order chi connectivity index (χ1) is 11.9. The molecule has 2 aliphatic rings. The number of nitrogens with one attached hydrogen (secondary N) is 1. The van der Waals surface area contributed by atoms with Gasteiger partial charge in [-0.15, -0.1) is 0 Å². The highest BCUT2D eigenvalue weighted by molar-refractivity contribution is 5.93. The van der Waals surface area contributed by atoms with Crippen molar-refractivity contribution in [2.24, 2.45) is 11.3 Å². The van der Waals surface area contributed by atoms with Gasteiger partial charge in [-0.3, -0.25) is 4.79 Å². The molecule has 0 bridgehead atoms. The Balaban J connectivity index is 1.71. The largest absolute Gasteiger partial charge is 0.481 e. The number of esters is 1. The number of carboxylic acids is 1. The number of amides is 2. The van der Waals surface area contributed by atoms with Gasteiger partial charge in [-0.25, -0.2) is 14.0 Å². The average Bonchev–Trinajstić information content (AvgIpc) is 3.14. The molecule has 2 fully saturated rings. The predicted molar refractivity (Wildman–Crippen MR) is 85.7 cm³/mol. The van der Waals surface area contributed by atoms with Crippen LogP contribution < -0.4 is 5.32 Å². The highest BCUT2D eigenvalue weighted by atomic mass is 19.1. The Morgan fingerprint density at radius 3 is 2.76 bits per heavy atom. The van der Waals surface area contributed by atoms with Gasteiger partial charge >= 0.3 is 18.0 Å². The second kappa shape index (κ2) is 6.34. The molecule has 1 aliphatic heterocycles. The lowest BCUT2D eigenvalue weighted by atomic mass is 9.81. The number of anilines is 1. The first-order valence-corrected chi connectivity index (χ1v) is 8.04. The van der Waals surface area contributed by atoms with Gasteiger partial charge in [0, 0.05) is 13.1 Å². The molecule has 25 heavy (non-hydrogen) atoms. The van der Waals surface area contributed by atoms with Gasteiger partial charge in [-0.05, 0) is 37.0 Å². The lowest BCUT2D eigenvalue weighted by Gasteiger charge is -2.23. The minimum atomic E-state index is -0.884. The molecule has 8 heteroatoms. The van der Waals surface area contributed by atoms with Crippen LogP contribution in [0.25, 0.3) is 0 Å². The van der Waals surface area contributed by atoms with Crippen LogP contribution in [0.4, 0.5) is 14.9 Å². The lowest BCUT2D eigenvalue weighted by Crippen LogP contribution is -2.38. The summed E-state index contributed by atoms with van der Waals surface area (Å²) in [6.07, 6.45) is 2.17. The molecule has 2 N–H and O–H groups in total. The number of hydrogen-bond donors (Lipinski definition) is 2. The Bertz CT molecular complexity index is 738. The molecule has 1 aromatic carbocycles. The van der Waals surface area contributed by atoms with Crippen LogP contribution in [0.2, 0.25) is 0 Å². The molecule has 134 valence electrons. The summed E-state index contributed by atoms with van der Waals surface area (Å²) in [6.45, 7) is 0.473. The van der Waals surface area contributed by atoms with E-state index in [1.54, 1.807) is 0 Å². The molecule has 1 saturated carbocycles. The fraction of sp³-hybridized carbons (Fsp3) is 0.471. The summed E-state index contributed by atoms with van der Waals surface area (Å²) < 4.78 is 18.6. The van der Waals surface area contributed by atoms with Gasteiger partial charge in [0.05, 0.1) is 23.8 Å². The molecule has 2 atom stereocenters. The van der Waals surface area contributed by atoms with Gasteiger partial charge in [0.25, 0.3) is 0 Å². The maximum Gasteiger partial charge on any atom is 0.337 e. The second-order valence-corrected chi connectivity index (χ2v) is 6.55. The van der Waals surface area contributed by atoms with E-state index in [1.165, 1.54) is 24.1 Å². The minimum Gasteiger partial charge on any atom is -0.481 e. The zero-order valence-electron chi connectivity index (χ0n) is 13.8. The van der Waals surface area contributed by atoms with Crippen LogP contribution in [0.3, 0.4) is 0 Å². The topological polar surface area (TPSA) is 95.9 Å². The molecule has 7 nitrogen and oxygen atoms in total. The van der Waals surface area contributed by atoms with E-state index in [0.29, 0.717) is 13.0 Å². The van der Waals surface area contributed by atoms with Gasteiger partial charge in [-0.1, -0.05) is 6.42 Å². The number of benzene rings is 1. The highest BCUT2D eigenvalue weighted by Crippen LogP contribution is 2.48. The number of carboxylic acid groups (broad SMARTS) is 1. The van der Waals surface area contributed by atoms with E-state index in [0.717, 1.165) is 18.9 Å². The third kappa shape index (κ3) is 2.92. The van der Waals surface area contributed by atoms with Crippen molar-refractivity contribution in [3.05, 3.63) is 29.6 Å². The predicted octanol–water partition coefficient (Wildman–Crippen LogP) is 2.33. The maximum absolute atomic E-state index is 14.1. The fourth-order valence-electron chi connectivity index (χ4n) is 3.85. The molecule has 1 saturated heterocycles. The SMILES string of the molecule is COC(=O)c1ccc(NC(=O)N2C[C@@H]3CCC[C@@]3(C(=O)O)C2)c(F)c1. The number of aliphatic carboxylic acids is 1. The maximum atomic E-state index is 14.1. The molecule has 1 heterocycles. The smallest absolute Gasteiger partial charge is 0.337 e. The van der Waals surface area contributed by atoms with E-state index in [-0.39, 0.29) is 23.7 Å². The van der Waals surface area contributed by atoms with Crippen LogP contribution in [-0.4, -0.2) is 48.2 Å². The van der Waals surface area contributed by atoms with Crippen molar-refractivity contribution in [2.75, 3.05) is 25.5 Å². The summed E-state index contributed by atoms with van der Waals surface area (Å²) in [6, 6.07) is 3.07. The van der Waals surface area contributed by atoms with Gasteiger partial charge in [0.15, 0.2) is 0 Å². The molecule has 1 aliphatic carbocycles. The van der Waals surface area contributed by atoms with E-state index in [4.69, 9.17) is 0 Å². The molecule has 0 radical (unpaired) electrons. The molecule has 1 aromatic rings. The number of methoxy groups -OCH3 is 1. The summed E-state index contributed by atoms with van der Waals surface area (Å²) in [4.78, 5) is 36.9.